The zero-order valence-corrected chi connectivity index (χ0v) is 9.86. The Morgan fingerprint density at radius 3 is 2.75 bits per heavy atom. The van der Waals surface area contributed by atoms with E-state index in [1.165, 1.54) is 0 Å². The quantitative estimate of drug-likeness (QED) is 0.759. The highest BCUT2D eigenvalue weighted by molar-refractivity contribution is 5.96. The molecule has 1 aromatic carbocycles. The molecular weight excluding hydrogens is 198 g/mol. The second-order valence-electron chi connectivity index (χ2n) is 4.43. The van der Waals surface area contributed by atoms with E-state index < -0.39 is 0 Å². The van der Waals surface area contributed by atoms with Crippen molar-refractivity contribution in [1.29, 1.82) is 0 Å². The van der Waals surface area contributed by atoms with Gasteiger partial charge in [-0.25, -0.2) is 0 Å². The van der Waals surface area contributed by atoms with Crippen molar-refractivity contribution in [3.8, 4) is 0 Å². The molecule has 0 bridgehead atoms. The highest BCUT2D eigenvalue weighted by atomic mass is 16.2. The first kappa shape index (κ1) is 10.9. The average molecular weight is 215 g/mol. The van der Waals surface area contributed by atoms with E-state index >= 15 is 0 Å². The van der Waals surface area contributed by atoms with Gasteiger partial charge in [0.05, 0.1) is 0 Å². The summed E-state index contributed by atoms with van der Waals surface area (Å²) in [6, 6.07) is 6.34. The van der Waals surface area contributed by atoms with Crippen LogP contribution in [0, 0.1) is 6.92 Å². The predicted octanol–water partition coefficient (Wildman–Crippen LogP) is 2.87. The van der Waals surface area contributed by atoms with Crippen LogP contribution >= 0.6 is 0 Å². The average Bonchev–Trinajstić information content (AvgIpc) is 3.12. The van der Waals surface area contributed by atoms with E-state index in [0.717, 1.165) is 29.5 Å². The van der Waals surface area contributed by atoms with Crippen molar-refractivity contribution < 1.29 is 4.79 Å². The number of hydrogen-bond acceptors (Lipinski definition) is 1. The molecule has 2 heteroatoms. The summed E-state index contributed by atoms with van der Waals surface area (Å²) in [5.41, 5.74) is 2.83. The fraction of sp³-hybridized carbons (Fsp3) is 0.357. The molecule has 1 aromatic rings. The Bertz CT molecular complexity index is 432. The summed E-state index contributed by atoms with van der Waals surface area (Å²) >= 11 is 0. The van der Waals surface area contributed by atoms with Gasteiger partial charge in [-0.3, -0.25) is 4.79 Å². The monoisotopic (exact) mass is 215 g/mol. The second-order valence-corrected chi connectivity index (χ2v) is 4.43. The third-order valence-corrected chi connectivity index (χ3v) is 3.14. The normalized spacial score (nSPS) is 14.6. The summed E-state index contributed by atoms with van der Waals surface area (Å²) in [4.78, 5) is 14.1. The highest BCUT2D eigenvalue weighted by Gasteiger charge is 2.30. The topological polar surface area (TPSA) is 20.3 Å². The number of rotatable bonds is 3. The lowest BCUT2D eigenvalue weighted by Gasteiger charge is -2.17. The van der Waals surface area contributed by atoms with Crippen LogP contribution in [0.1, 0.15) is 34.3 Å². The molecule has 2 nitrogen and oxygen atoms in total. The lowest BCUT2D eigenvalue weighted by atomic mass is 10.0. The Morgan fingerprint density at radius 1 is 1.50 bits per heavy atom. The summed E-state index contributed by atoms with van der Waals surface area (Å²) in [6.07, 6.45) is 4.05. The molecule has 0 heterocycles. The fourth-order valence-electron chi connectivity index (χ4n) is 1.81. The van der Waals surface area contributed by atoms with Gasteiger partial charge >= 0.3 is 0 Å². The molecule has 16 heavy (non-hydrogen) atoms. The van der Waals surface area contributed by atoms with Gasteiger partial charge in [-0.05, 0) is 37.0 Å². The van der Waals surface area contributed by atoms with E-state index in [-0.39, 0.29) is 5.91 Å². The molecule has 0 aromatic heterocycles. The molecule has 1 aliphatic carbocycles. The maximum atomic E-state index is 12.2. The van der Waals surface area contributed by atoms with Crippen molar-refractivity contribution in [3.05, 3.63) is 41.5 Å². The molecule has 0 atom stereocenters. The van der Waals surface area contributed by atoms with Crippen molar-refractivity contribution in [2.45, 2.75) is 25.8 Å². The van der Waals surface area contributed by atoms with Gasteiger partial charge in [-0.2, -0.15) is 0 Å². The SMILES string of the molecule is C=Cc1ccc(C)c(C(=O)N(C)C2CC2)c1. The second kappa shape index (κ2) is 4.12. The van der Waals surface area contributed by atoms with Crippen molar-refractivity contribution in [1.82, 2.24) is 4.90 Å². The largest absolute Gasteiger partial charge is 0.339 e. The van der Waals surface area contributed by atoms with E-state index in [9.17, 15) is 4.79 Å². The molecule has 1 fully saturated rings. The van der Waals surface area contributed by atoms with E-state index in [1.807, 2.05) is 37.1 Å². The molecule has 0 unspecified atom stereocenters. The van der Waals surface area contributed by atoms with Crippen molar-refractivity contribution in [3.63, 3.8) is 0 Å². The lowest BCUT2D eigenvalue weighted by molar-refractivity contribution is 0.0784. The molecule has 1 saturated carbocycles. The van der Waals surface area contributed by atoms with Crippen LogP contribution in [0.5, 0.6) is 0 Å². The molecule has 0 spiro atoms. The Morgan fingerprint density at radius 2 is 2.19 bits per heavy atom. The lowest BCUT2D eigenvalue weighted by Crippen LogP contribution is -2.29. The first-order valence-electron chi connectivity index (χ1n) is 5.63. The number of carbonyl (C=O) groups is 1. The van der Waals surface area contributed by atoms with Gasteiger partial charge in [0.15, 0.2) is 0 Å². The number of nitrogens with zero attached hydrogens (tertiary/aromatic N) is 1. The summed E-state index contributed by atoms with van der Waals surface area (Å²) < 4.78 is 0. The third-order valence-electron chi connectivity index (χ3n) is 3.14. The molecule has 1 amide bonds. The maximum Gasteiger partial charge on any atom is 0.254 e. The number of amides is 1. The summed E-state index contributed by atoms with van der Waals surface area (Å²) in [6.45, 7) is 5.70. The van der Waals surface area contributed by atoms with Crippen LogP contribution in [0.25, 0.3) is 6.08 Å². The van der Waals surface area contributed by atoms with Gasteiger partial charge in [0.25, 0.3) is 5.91 Å². The van der Waals surface area contributed by atoms with Crippen LogP contribution in [0.2, 0.25) is 0 Å². The van der Waals surface area contributed by atoms with Gasteiger partial charge in [0.2, 0.25) is 0 Å². The summed E-state index contributed by atoms with van der Waals surface area (Å²) in [7, 11) is 1.89. The van der Waals surface area contributed by atoms with E-state index in [4.69, 9.17) is 0 Å². The molecule has 84 valence electrons. The Labute approximate surface area is 96.6 Å². The molecule has 0 saturated heterocycles. The minimum absolute atomic E-state index is 0.128. The minimum atomic E-state index is 0.128. The van der Waals surface area contributed by atoms with Gasteiger partial charge in [0, 0.05) is 18.7 Å². The number of benzene rings is 1. The third kappa shape index (κ3) is 2.01. The van der Waals surface area contributed by atoms with Crippen LogP contribution in [0.4, 0.5) is 0 Å². The van der Waals surface area contributed by atoms with Crippen molar-refractivity contribution >= 4 is 12.0 Å². The van der Waals surface area contributed by atoms with Crippen LogP contribution in [0.15, 0.2) is 24.8 Å². The number of carbonyl (C=O) groups excluding carboxylic acids is 1. The van der Waals surface area contributed by atoms with Gasteiger partial charge in [-0.1, -0.05) is 24.8 Å². The minimum Gasteiger partial charge on any atom is -0.339 e. The Hall–Kier alpha value is -1.57. The number of aryl methyl sites for hydroxylation is 1. The van der Waals surface area contributed by atoms with Gasteiger partial charge in [0.1, 0.15) is 0 Å². The van der Waals surface area contributed by atoms with Crippen LogP contribution in [-0.4, -0.2) is 23.9 Å². The Kier molecular flexibility index (Phi) is 2.82. The van der Waals surface area contributed by atoms with E-state index in [1.54, 1.807) is 6.08 Å². The molecule has 2 rings (SSSR count). The van der Waals surface area contributed by atoms with Crippen molar-refractivity contribution in [2.24, 2.45) is 0 Å². The Balaban J connectivity index is 2.30. The molecule has 1 aliphatic rings. The van der Waals surface area contributed by atoms with Gasteiger partial charge < -0.3 is 4.90 Å². The molecular formula is C14H17NO. The van der Waals surface area contributed by atoms with E-state index in [0.29, 0.717) is 6.04 Å². The van der Waals surface area contributed by atoms with Crippen LogP contribution in [-0.2, 0) is 0 Å². The standard InChI is InChI=1S/C14H17NO/c1-4-11-6-5-10(2)13(9-11)14(16)15(3)12-7-8-12/h4-6,9,12H,1,7-8H2,2-3H3. The van der Waals surface area contributed by atoms with Crippen LogP contribution < -0.4 is 0 Å². The summed E-state index contributed by atoms with van der Waals surface area (Å²) in [5, 5.41) is 0. The predicted molar refractivity (Wildman–Crippen MR) is 66.4 cm³/mol. The molecule has 0 N–H and O–H groups in total. The zero-order valence-electron chi connectivity index (χ0n) is 9.86. The van der Waals surface area contributed by atoms with Crippen LogP contribution in [0.3, 0.4) is 0 Å². The summed E-state index contributed by atoms with van der Waals surface area (Å²) in [5.74, 6) is 0.128. The maximum absolute atomic E-state index is 12.2. The zero-order chi connectivity index (χ0) is 11.7. The van der Waals surface area contributed by atoms with E-state index in [2.05, 4.69) is 6.58 Å². The van der Waals surface area contributed by atoms with Crippen molar-refractivity contribution in [2.75, 3.05) is 7.05 Å². The smallest absolute Gasteiger partial charge is 0.254 e. The molecule has 0 aliphatic heterocycles. The fourth-order valence-corrected chi connectivity index (χ4v) is 1.81. The first-order chi connectivity index (χ1) is 7.63. The molecule has 0 radical (unpaired) electrons. The van der Waals surface area contributed by atoms with Gasteiger partial charge in [-0.15, -0.1) is 0 Å². The first-order valence-corrected chi connectivity index (χ1v) is 5.63. The highest BCUT2D eigenvalue weighted by Crippen LogP contribution is 2.27. The number of hydrogen-bond donors (Lipinski definition) is 0.